The van der Waals surface area contributed by atoms with Gasteiger partial charge in [0.1, 0.15) is 0 Å². The summed E-state index contributed by atoms with van der Waals surface area (Å²) in [6, 6.07) is 0. The molecule has 0 fully saturated rings. The van der Waals surface area contributed by atoms with Gasteiger partial charge in [0, 0.05) is 6.61 Å². The van der Waals surface area contributed by atoms with E-state index in [9.17, 15) is 0 Å². The summed E-state index contributed by atoms with van der Waals surface area (Å²) < 4.78 is 0. The Hall–Kier alpha value is 1.54. The van der Waals surface area contributed by atoms with E-state index in [1.165, 1.54) is 0 Å². The summed E-state index contributed by atoms with van der Waals surface area (Å²) in [5, 5.41) is 8.58. The maximum atomic E-state index is 8.58. The average Bonchev–Trinajstić information content (AvgIpc) is 1.84. The second-order valence-corrected chi connectivity index (χ2v) is 10.9. The van der Waals surface area contributed by atoms with Gasteiger partial charge in [-0.1, -0.05) is 20.8 Å². The monoisotopic (exact) mass is 269 g/mol. The minimum absolute atomic E-state index is 0.332. The molecule has 0 aromatic heterocycles. The molecule has 0 aromatic rings. The molecule has 5 heteroatoms. The molecule has 0 spiro atoms. The van der Waals surface area contributed by atoms with E-state index < -0.39 is 14.7 Å². The molecule has 0 amide bonds. The fraction of sp³-hybridized carbons (Fsp3) is 1.00. The molecule has 1 unspecified atom stereocenters. The van der Waals surface area contributed by atoms with Gasteiger partial charge >= 0.3 is 42.6 Å². The van der Waals surface area contributed by atoms with E-state index >= 15 is 0 Å². The zero-order valence-electron chi connectivity index (χ0n) is 7.65. The van der Waals surface area contributed by atoms with Crippen molar-refractivity contribution in [3.8, 4) is 0 Å². The SMILES string of the molecule is CC(C)CC(C)CO.[Cl][Ti]([Cl])[Cl]. The average molecular weight is 270 g/mol. The van der Waals surface area contributed by atoms with Gasteiger partial charge in [-0.3, -0.25) is 0 Å². The van der Waals surface area contributed by atoms with E-state index in [0.717, 1.165) is 12.3 Å². The van der Waals surface area contributed by atoms with E-state index in [0.29, 0.717) is 12.5 Å². The van der Waals surface area contributed by atoms with Gasteiger partial charge in [-0.25, -0.2) is 0 Å². The number of rotatable bonds is 3. The first-order chi connectivity index (χ1) is 5.40. The molecule has 0 heterocycles. The van der Waals surface area contributed by atoms with Crippen molar-refractivity contribution in [2.75, 3.05) is 6.61 Å². The molecule has 0 aliphatic heterocycles. The van der Waals surface area contributed by atoms with Crippen LogP contribution in [0.2, 0.25) is 0 Å². The fourth-order valence-corrected chi connectivity index (χ4v) is 0.879. The van der Waals surface area contributed by atoms with E-state index in [2.05, 4.69) is 20.8 Å². The van der Waals surface area contributed by atoms with Crippen molar-refractivity contribution in [3.63, 3.8) is 0 Å². The summed E-state index contributed by atoms with van der Waals surface area (Å²) in [6.07, 6.45) is 1.14. The van der Waals surface area contributed by atoms with Gasteiger partial charge in [-0.15, -0.1) is 0 Å². The topological polar surface area (TPSA) is 20.2 Å². The summed E-state index contributed by atoms with van der Waals surface area (Å²) >= 11 is -1.92. The molecule has 0 saturated heterocycles. The molecule has 0 aromatic carbocycles. The third-order valence-corrected chi connectivity index (χ3v) is 1.19. The van der Waals surface area contributed by atoms with Gasteiger partial charge in [-0.2, -0.15) is 0 Å². The Morgan fingerprint density at radius 3 is 1.58 bits per heavy atom. The minimum atomic E-state index is -1.92. The Balaban J connectivity index is 0. The summed E-state index contributed by atoms with van der Waals surface area (Å²) in [7, 11) is 14.9. The molecule has 1 N–H and O–H groups in total. The van der Waals surface area contributed by atoms with Gasteiger partial charge in [0.2, 0.25) is 0 Å². The molecule has 0 radical (unpaired) electrons. The molecule has 0 rings (SSSR count). The predicted molar refractivity (Wildman–Crippen MR) is 53.3 cm³/mol. The van der Waals surface area contributed by atoms with E-state index in [1.54, 1.807) is 0 Å². The number of hydrogen-bond donors (Lipinski definition) is 1. The number of aliphatic hydroxyl groups excluding tert-OH is 1. The normalized spacial score (nSPS) is 12.0. The molecule has 0 bridgehead atoms. The molecule has 1 nitrogen and oxygen atoms in total. The predicted octanol–water partition coefficient (Wildman–Crippen LogP) is 3.73. The standard InChI is InChI=1S/C7H16O.3ClH.Ti/c1-6(2)4-7(3)5-8;;;;/h6-8H,4-5H2,1-3H3;3*1H;/q;;;;+3/p-3. The molecular weight excluding hydrogens is 254 g/mol. The summed E-state index contributed by atoms with van der Waals surface area (Å²) in [5.41, 5.74) is 0. The van der Waals surface area contributed by atoms with E-state index in [4.69, 9.17) is 33.0 Å². The third-order valence-electron chi connectivity index (χ3n) is 1.19. The van der Waals surface area contributed by atoms with Crippen molar-refractivity contribution in [2.24, 2.45) is 11.8 Å². The second-order valence-electron chi connectivity index (χ2n) is 3.13. The number of halogens is 3. The van der Waals surface area contributed by atoms with Gasteiger partial charge in [-0.05, 0) is 18.3 Å². The van der Waals surface area contributed by atoms with E-state index in [1.807, 2.05) is 0 Å². The van der Waals surface area contributed by atoms with Crippen LogP contribution in [0.3, 0.4) is 0 Å². The van der Waals surface area contributed by atoms with Crippen LogP contribution in [0.25, 0.3) is 0 Å². The molecule has 12 heavy (non-hydrogen) atoms. The quantitative estimate of drug-likeness (QED) is 0.775. The van der Waals surface area contributed by atoms with Crippen molar-refractivity contribution in [1.29, 1.82) is 0 Å². The number of hydrogen-bond acceptors (Lipinski definition) is 1. The summed E-state index contributed by atoms with van der Waals surface area (Å²) in [6.45, 7) is 6.75. The van der Waals surface area contributed by atoms with Crippen LogP contribution in [0, 0.1) is 11.8 Å². The third kappa shape index (κ3) is 22.6. The Morgan fingerprint density at radius 2 is 1.50 bits per heavy atom. The van der Waals surface area contributed by atoms with Crippen LogP contribution in [-0.2, 0) is 14.7 Å². The molecule has 1 atom stereocenters. The first-order valence-corrected chi connectivity index (χ1v) is 10.3. The van der Waals surface area contributed by atoms with Crippen molar-refractivity contribution in [2.45, 2.75) is 27.2 Å². The van der Waals surface area contributed by atoms with Gasteiger partial charge in [0.05, 0.1) is 0 Å². The van der Waals surface area contributed by atoms with Crippen molar-refractivity contribution < 1.29 is 19.8 Å². The molecule has 0 aliphatic rings. The second kappa shape index (κ2) is 10.6. The zero-order chi connectivity index (χ0) is 10.1. The van der Waals surface area contributed by atoms with Crippen molar-refractivity contribution >= 4 is 27.9 Å². The Morgan fingerprint density at radius 1 is 1.17 bits per heavy atom. The Kier molecular flexibility index (Phi) is 14.2. The van der Waals surface area contributed by atoms with Gasteiger partial charge in [0.15, 0.2) is 0 Å². The summed E-state index contributed by atoms with van der Waals surface area (Å²) in [5.74, 6) is 1.20. The molecule has 0 saturated carbocycles. The Labute approximate surface area is 92.9 Å². The van der Waals surface area contributed by atoms with Crippen molar-refractivity contribution in [1.82, 2.24) is 0 Å². The van der Waals surface area contributed by atoms with Crippen LogP contribution in [0.1, 0.15) is 27.2 Å². The first kappa shape index (κ1) is 16.0. The van der Waals surface area contributed by atoms with Crippen LogP contribution in [0.5, 0.6) is 0 Å². The first-order valence-electron chi connectivity index (χ1n) is 3.84. The molecule has 0 aliphatic carbocycles. The number of aliphatic hydroxyl groups is 1. The van der Waals surface area contributed by atoms with Gasteiger partial charge < -0.3 is 5.11 Å². The van der Waals surface area contributed by atoms with Crippen LogP contribution < -0.4 is 0 Å². The summed E-state index contributed by atoms with van der Waals surface area (Å²) in [4.78, 5) is 0. The fourth-order valence-electron chi connectivity index (χ4n) is 0.879. The Bertz CT molecular complexity index is 88.0. The maximum absolute atomic E-state index is 8.58. The van der Waals surface area contributed by atoms with Crippen LogP contribution >= 0.6 is 27.9 Å². The van der Waals surface area contributed by atoms with Crippen LogP contribution in [0.15, 0.2) is 0 Å². The zero-order valence-corrected chi connectivity index (χ0v) is 11.5. The van der Waals surface area contributed by atoms with Gasteiger partial charge in [0.25, 0.3) is 0 Å². The van der Waals surface area contributed by atoms with E-state index in [-0.39, 0.29) is 0 Å². The molecule has 75 valence electrons. The van der Waals surface area contributed by atoms with Crippen molar-refractivity contribution in [3.05, 3.63) is 0 Å². The molecular formula is C7H16Cl3OTi. The van der Waals surface area contributed by atoms with Crippen LogP contribution in [-0.4, -0.2) is 11.7 Å². The van der Waals surface area contributed by atoms with Crippen LogP contribution in [0.4, 0.5) is 0 Å².